The Hall–Kier alpha value is -1.92. The van der Waals surface area contributed by atoms with Gasteiger partial charge in [-0.2, -0.15) is 0 Å². The third kappa shape index (κ3) is 3.60. The fourth-order valence-corrected chi connectivity index (χ4v) is 3.95. The molecule has 0 saturated heterocycles. The van der Waals surface area contributed by atoms with Crippen LogP contribution >= 0.6 is 22.9 Å². The van der Waals surface area contributed by atoms with Crippen LogP contribution in [-0.2, 0) is 24.3 Å². The van der Waals surface area contributed by atoms with Gasteiger partial charge in [0.05, 0.1) is 4.88 Å². The minimum Gasteiger partial charge on any atom is -0.347 e. The fraction of sp³-hybridized carbons (Fsp3) is 0.294. The molecule has 1 aliphatic heterocycles. The number of hydrogen-bond acceptors (Lipinski definition) is 3. The SMILES string of the molecule is CC(=O)N1CCc2sc(C(=O)NCc3ccc(F)cc3Cl)cc2C1. The van der Waals surface area contributed by atoms with Crippen molar-refractivity contribution in [1.29, 1.82) is 0 Å². The van der Waals surface area contributed by atoms with Crippen LogP contribution in [0, 0.1) is 5.82 Å². The molecule has 4 nitrogen and oxygen atoms in total. The highest BCUT2D eigenvalue weighted by Gasteiger charge is 2.22. The quantitative estimate of drug-likeness (QED) is 0.905. The van der Waals surface area contributed by atoms with E-state index in [0.29, 0.717) is 23.5 Å². The van der Waals surface area contributed by atoms with Crippen LogP contribution in [0.25, 0.3) is 0 Å². The highest BCUT2D eigenvalue weighted by Crippen LogP contribution is 2.28. The maximum absolute atomic E-state index is 13.0. The Morgan fingerprint density at radius 3 is 2.88 bits per heavy atom. The number of halogens is 2. The zero-order valence-electron chi connectivity index (χ0n) is 13.1. The molecule has 0 aliphatic carbocycles. The summed E-state index contributed by atoms with van der Waals surface area (Å²) in [5.74, 6) is -0.552. The summed E-state index contributed by atoms with van der Waals surface area (Å²) in [6, 6.07) is 5.94. The molecule has 0 fully saturated rings. The van der Waals surface area contributed by atoms with Crippen molar-refractivity contribution in [1.82, 2.24) is 10.2 Å². The first-order valence-corrected chi connectivity index (χ1v) is 8.72. The summed E-state index contributed by atoms with van der Waals surface area (Å²) in [6.07, 6.45) is 0.774. The van der Waals surface area contributed by atoms with E-state index >= 15 is 0 Å². The van der Waals surface area contributed by atoms with E-state index in [1.807, 2.05) is 6.07 Å². The van der Waals surface area contributed by atoms with Crippen LogP contribution in [0.5, 0.6) is 0 Å². The van der Waals surface area contributed by atoms with E-state index < -0.39 is 5.82 Å². The molecule has 7 heteroatoms. The van der Waals surface area contributed by atoms with Crippen molar-refractivity contribution in [2.75, 3.05) is 6.54 Å². The van der Waals surface area contributed by atoms with Gasteiger partial charge in [0.2, 0.25) is 5.91 Å². The van der Waals surface area contributed by atoms with Crippen LogP contribution in [-0.4, -0.2) is 23.3 Å². The molecule has 1 aromatic heterocycles. The third-order valence-electron chi connectivity index (χ3n) is 3.99. The number of fused-ring (bicyclic) bond motifs is 1. The molecule has 126 valence electrons. The first kappa shape index (κ1) is 16.9. The summed E-state index contributed by atoms with van der Waals surface area (Å²) in [6.45, 7) is 3.03. The third-order valence-corrected chi connectivity index (χ3v) is 5.58. The predicted octanol–water partition coefficient (Wildman–Crippen LogP) is 3.38. The molecular formula is C17H16ClFN2O2S. The van der Waals surface area contributed by atoms with Gasteiger partial charge in [0.1, 0.15) is 5.82 Å². The molecule has 24 heavy (non-hydrogen) atoms. The van der Waals surface area contributed by atoms with Gasteiger partial charge in [0.25, 0.3) is 5.91 Å². The monoisotopic (exact) mass is 366 g/mol. The number of rotatable bonds is 3. The van der Waals surface area contributed by atoms with E-state index in [9.17, 15) is 14.0 Å². The van der Waals surface area contributed by atoms with Gasteiger partial charge in [-0.3, -0.25) is 9.59 Å². The number of thiophene rings is 1. The van der Waals surface area contributed by atoms with Crippen LogP contribution in [0.2, 0.25) is 5.02 Å². The summed E-state index contributed by atoms with van der Waals surface area (Å²) in [7, 11) is 0. The van der Waals surface area contributed by atoms with Crippen molar-refractivity contribution < 1.29 is 14.0 Å². The molecule has 0 radical (unpaired) electrons. The van der Waals surface area contributed by atoms with E-state index in [0.717, 1.165) is 16.9 Å². The van der Waals surface area contributed by atoms with Crippen molar-refractivity contribution in [2.45, 2.75) is 26.4 Å². The Labute approximate surface area is 148 Å². The highest BCUT2D eigenvalue weighted by atomic mass is 35.5. The zero-order chi connectivity index (χ0) is 17.3. The molecule has 2 amide bonds. The number of carbonyl (C=O) groups is 2. The molecule has 0 unspecified atom stereocenters. The lowest BCUT2D eigenvalue weighted by molar-refractivity contribution is -0.129. The number of amides is 2. The molecule has 1 aromatic carbocycles. The van der Waals surface area contributed by atoms with Gasteiger partial charge in [-0.25, -0.2) is 4.39 Å². The van der Waals surface area contributed by atoms with E-state index in [-0.39, 0.29) is 23.4 Å². The van der Waals surface area contributed by atoms with Crippen LogP contribution in [0.1, 0.15) is 32.6 Å². The van der Waals surface area contributed by atoms with Gasteiger partial charge in [0.15, 0.2) is 0 Å². The van der Waals surface area contributed by atoms with Gasteiger partial charge >= 0.3 is 0 Å². The van der Waals surface area contributed by atoms with E-state index in [2.05, 4.69) is 5.32 Å². The lowest BCUT2D eigenvalue weighted by Crippen LogP contribution is -2.33. The molecule has 2 aromatic rings. The lowest BCUT2D eigenvalue weighted by Gasteiger charge is -2.25. The van der Waals surface area contributed by atoms with Gasteiger partial charge in [0, 0.05) is 36.5 Å². The number of carbonyl (C=O) groups excluding carboxylic acids is 2. The Kier molecular flexibility index (Phi) is 4.87. The zero-order valence-corrected chi connectivity index (χ0v) is 14.6. The van der Waals surface area contributed by atoms with Crippen LogP contribution in [0.15, 0.2) is 24.3 Å². The Morgan fingerprint density at radius 2 is 2.17 bits per heavy atom. The normalized spacial score (nSPS) is 13.5. The molecule has 1 N–H and O–H groups in total. The van der Waals surface area contributed by atoms with Crippen molar-refractivity contribution in [3.63, 3.8) is 0 Å². The van der Waals surface area contributed by atoms with Crippen LogP contribution in [0.3, 0.4) is 0 Å². The van der Waals surface area contributed by atoms with Gasteiger partial charge in [-0.1, -0.05) is 17.7 Å². The number of nitrogens with one attached hydrogen (secondary N) is 1. The average Bonchev–Trinajstić information content (AvgIpc) is 2.96. The maximum atomic E-state index is 13.0. The minimum absolute atomic E-state index is 0.0452. The van der Waals surface area contributed by atoms with E-state index in [1.54, 1.807) is 17.9 Å². The molecule has 1 aliphatic rings. The van der Waals surface area contributed by atoms with Crippen molar-refractivity contribution >= 4 is 34.8 Å². The standard InChI is InChI=1S/C17H16ClFN2O2S/c1-10(22)21-5-4-15-12(9-21)6-16(24-15)17(23)20-8-11-2-3-13(19)7-14(11)18/h2-3,6-7H,4-5,8-9H2,1H3,(H,20,23). The first-order chi connectivity index (χ1) is 11.4. The van der Waals surface area contributed by atoms with Gasteiger partial charge in [-0.05, 0) is 35.7 Å². The van der Waals surface area contributed by atoms with Crippen molar-refractivity contribution in [2.24, 2.45) is 0 Å². The van der Waals surface area contributed by atoms with Crippen LogP contribution in [0.4, 0.5) is 4.39 Å². The second-order valence-corrected chi connectivity index (χ2v) is 7.21. The molecule has 2 heterocycles. The second kappa shape index (κ2) is 6.91. The number of nitrogens with zero attached hydrogens (tertiary/aromatic N) is 1. The van der Waals surface area contributed by atoms with E-state index in [4.69, 9.17) is 11.6 Å². The highest BCUT2D eigenvalue weighted by molar-refractivity contribution is 7.14. The molecule has 0 atom stereocenters. The predicted molar refractivity (Wildman–Crippen MR) is 91.7 cm³/mol. The molecule has 0 spiro atoms. The molecule has 3 rings (SSSR count). The van der Waals surface area contributed by atoms with Gasteiger partial charge in [-0.15, -0.1) is 11.3 Å². The summed E-state index contributed by atoms with van der Waals surface area (Å²) in [5, 5.41) is 3.09. The summed E-state index contributed by atoms with van der Waals surface area (Å²) < 4.78 is 13.0. The Bertz CT molecular complexity index is 806. The smallest absolute Gasteiger partial charge is 0.261 e. The molecule has 0 saturated carbocycles. The number of benzene rings is 1. The van der Waals surface area contributed by atoms with Crippen LogP contribution < -0.4 is 5.32 Å². The number of hydrogen-bond donors (Lipinski definition) is 1. The minimum atomic E-state index is -0.406. The van der Waals surface area contributed by atoms with Crippen molar-refractivity contribution in [3.05, 3.63) is 56.0 Å². The maximum Gasteiger partial charge on any atom is 0.261 e. The Morgan fingerprint density at radius 1 is 1.38 bits per heavy atom. The van der Waals surface area contributed by atoms with Gasteiger partial charge < -0.3 is 10.2 Å². The van der Waals surface area contributed by atoms with Crippen molar-refractivity contribution in [3.8, 4) is 0 Å². The lowest BCUT2D eigenvalue weighted by atomic mass is 10.1. The summed E-state index contributed by atoms with van der Waals surface area (Å²) in [5.41, 5.74) is 1.70. The topological polar surface area (TPSA) is 49.4 Å². The first-order valence-electron chi connectivity index (χ1n) is 7.53. The fourth-order valence-electron chi connectivity index (χ4n) is 2.64. The second-order valence-electron chi connectivity index (χ2n) is 5.67. The summed E-state index contributed by atoms with van der Waals surface area (Å²) in [4.78, 5) is 27.3. The summed E-state index contributed by atoms with van der Waals surface area (Å²) >= 11 is 7.42. The van der Waals surface area contributed by atoms with E-state index in [1.165, 1.54) is 23.5 Å². The average molecular weight is 367 g/mol. The molecule has 0 bridgehead atoms. The largest absolute Gasteiger partial charge is 0.347 e. The Balaban J connectivity index is 1.67. The molecular weight excluding hydrogens is 351 g/mol.